The first-order chi connectivity index (χ1) is 18.7. The lowest BCUT2D eigenvalue weighted by molar-refractivity contribution is -0.123. The van der Waals surface area contributed by atoms with Crippen LogP contribution in [0.15, 0.2) is 42.9 Å². The Morgan fingerprint density at radius 1 is 1.05 bits per heavy atom. The quantitative estimate of drug-likeness (QED) is 0.316. The summed E-state index contributed by atoms with van der Waals surface area (Å²) in [7, 11) is 2.11. The molecule has 1 saturated heterocycles. The van der Waals surface area contributed by atoms with Crippen LogP contribution in [-0.2, 0) is 4.79 Å². The fraction of sp³-hybridized carbons (Fsp3) is 0.321. The van der Waals surface area contributed by atoms with E-state index in [-0.39, 0.29) is 11.4 Å². The number of H-pyrrole nitrogens is 2. The molecule has 1 aromatic carbocycles. The molecule has 0 saturated carbocycles. The minimum atomic E-state index is -0.557. The normalized spacial score (nSPS) is 14.8. The number of hydrogen-bond acceptors (Lipinski definition) is 7. The maximum atomic E-state index is 15.2. The van der Waals surface area contributed by atoms with Gasteiger partial charge in [0.1, 0.15) is 16.7 Å². The number of amides is 1. The van der Waals surface area contributed by atoms with Crippen LogP contribution in [0.3, 0.4) is 0 Å². The Labute approximate surface area is 224 Å². The molecule has 0 atom stereocenters. The number of anilines is 2. The van der Waals surface area contributed by atoms with Crippen molar-refractivity contribution in [2.75, 3.05) is 43.4 Å². The predicted octanol–water partition coefficient (Wildman–Crippen LogP) is 4.44. The Kier molecular flexibility index (Phi) is 6.02. The van der Waals surface area contributed by atoms with Gasteiger partial charge in [-0.05, 0) is 36.9 Å². The molecular formula is C28H30FN9O. The summed E-state index contributed by atoms with van der Waals surface area (Å²) in [6.07, 6.45) is 4.99. The minimum absolute atomic E-state index is 0.129. The fourth-order valence-electron chi connectivity index (χ4n) is 4.70. The van der Waals surface area contributed by atoms with Crippen LogP contribution < -0.4 is 10.2 Å². The molecule has 39 heavy (non-hydrogen) atoms. The molecule has 0 unspecified atom stereocenters. The second-order valence-corrected chi connectivity index (χ2v) is 11.0. The van der Waals surface area contributed by atoms with E-state index in [1.807, 2.05) is 32.9 Å². The van der Waals surface area contributed by atoms with Crippen LogP contribution in [0.4, 0.5) is 15.9 Å². The highest BCUT2D eigenvalue weighted by Gasteiger charge is 2.23. The van der Waals surface area contributed by atoms with Crippen molar-refractivity contribution in [2.45, 2.75) is 20.8 Å². The number of halogens is 1. The van der Waals surface area contributed by atoms with E-state index < -0.39 is 11.2 Å². The minimum Gasteiger partial charge on any atom is -0.352 e. The fourth-order valence-corrected chi connectivity index (χ4v) is 4.70. The van der Waals surface area contributed by atoms with Crippen LogP contribution >= 0.6 is 0 Å². The average Bonchev–Trinajstić information content (AvgIpc) is 3.53. The second-order valence-electron chi connectivity index (χ2n) is 11.0. The molecule has 0 spiro atoms. The predicted molar refractivity (Wildman–Crippen MR) is 150 cm³/mol. The molecule has 0 bridgehead atoms. The number of aromatic nitrogens is 6. The van der Waals surface area contributed by atoms with E-state index in [1.165, 1.54) is 6.07 Å². The van der Waals surface area contributed by atoms with E-state index in [0.717, 1.165) is 43.0 Å². The van der Waals surface area contributed by atoms with E-state index in [0.29, 0.717) is 33.7 Å². The maximum Gasteiger partial charge on any atom is 0.229 e. The van der Waals surface area contributed by atoms with Crippen LogP contribution in [0.1, 0.15) is 20.8 Å². The van der Waals surface area contributed by atoms with Crippen LogP contribution in [0.25, 0.3) is 44.6 Å². The molecule has 1 aliphatic heterocycles. The van der Waals surface area contributed by atoms with Crippen molar-refractivity contribution in [3.8, 4) is 22.6 Å². The molecule has 4 aromatic heterocycles. The highest BCUT2D eigenvalue weighted by atomic mass is 19.1. The Morgan fingerprint density at radius 3 is 2.62 bits per heavy atom. The van der Waals surface area contributed by atoms with Gasteiger partial charge in [-0.2, -0.15) is 5.10 Å². The summed E-state index contributed by atoms with van der Waals surface area (Å²) in [5, 5.41) is 10.7. The largest absolute Gasteiger partial charge is 0.352 e. The van der Waals surface area contributed by atoms with E-state index in [2.05, 4.69) is 47.3 Å². The molecule has 10 nitrogen and oxygen atoms in total. The third kappa shape index (κ3) is 4.69. The summed E-state index contributed by atoms with van der Waals surface area (Å²) in [5.74, 6) is 0.788. The average molecular weight is 528 g/mol. The van der Waals surface area contributed by atoms with Crippen molar-refractivity contribution in [1.29, 1.82) is 0 Å². The van der Waals surface area contributed by atoms with Gasteiger partial charge in [0.2, 0.25) is 5.91 Å². The third-order valence-electron chi connectivity index (χ3n) is 7.04. The number of benzene rings is 1. The van der Waals surface area contributed by atoms with E-state index in [1.54, 1.807) is 24.7 Å². The van der Waals surface area contributed by atoms with Crippen LogP contribution in [0.5, 0.6) is 0 Å². The van der Waals surface area contributed by atoms with E-state index in [9.17, 15) is 4.79 Å². The van der Waals surface area contributed by atoms with Gasteiger partial charge in [0, 0.05) is 54.9 Å². The topological polar surface area (TPSA) is 119 Å². The first-order valence-electron chi connectivity index (χ1n) is 12.9. The molecule has 5 heterocycles. The van der Waals surface area contributed by atoms with Crippen molar-refractivity contribution in [1.82, 2.24) is 35.0 Å². The smallest absolute Gasteiger partial charge is 0.229 e. The number of piperazine rings is 1. The molecule has 1 fully saturated rings. The van der Waals surface area contributed by atoms with E-state index >= 15 is 4.39 Å². The van der Waals surface area contributed by atoms with Gasteiger partial charge in [-0.3, -0.25) is 14.9 Å². The van der Waals surface area contributed by atoms with Crippen LogP contribution in [-0.4, -0.2) is 74.2 Å². The number of nitrogens with one attached hydrogen (secondary N) is 3. The Bertz CT molecular complexity index is 1690. The molecule has 200 valence electrons. The molecule has 1 aliphatic rings. The summed E-state index contributed by atoms with van der Waals surface area (Å²) in [6, 6.07) is 6.95. The molecular weight excluding hydrogens is 497 g/mol. The third-order valence-corrected chi connectivity index (χ3v) is 7.04. The first-order valence-corrected chi connectivity index (χ1v) is 12.9. The number of hydrogen-bond donors (Lipinski definition) is 3. The lowest BCUT2D eigenvalue weighted by atomic mass is 9.95. The van der Waals surface area contributed by atoms with Crippen molar-refractivity contribution < 1.29 is 9.18 Å². The number of aromatic amines is 2. The summed E-state index contributed by atoms with van der Waals surface area (Å²) >= 11 is 0. The zero-order valence-corrected chi connectivity index (χ0v) is 22.3. The Hall–Kier alpha value is -4.38. The number of pyridine rings is 2. The van der Waals surface area contributed by atoms with Crippen molar-refractivity contribution in [2.24, 2.45) is 5.41 Å². The lowest BCUT2D eigenvalue weighted by Gasteiger charge is -2.33. The maximum absolute atomic E-state index is 15.2. The highest BCUT2D eigenvalue weighted by Crippen LogP contribution is 2.34. The lowest BCUT2D eigenvalue weighted by Crippen LogP contribution is -2.44. The number of imidazole rings is 1. The Balaban J connectivity index is 1.39. The van der Waals surface area contributed by atoms with Crippen molar-refractivity contribution in [3.05, 3.63) is 48.7 Å². The number of fused-ring (bicyclic) bond motifs is 2. The first kappa shape index (κ1) is 24.9. The van der Waals surface area contributed by atoms with Crippen LogP contribution in [0, 0.1) is 11.2 Å². The van der Waals surface area contributed by atoms with Crippen molar-refractivity contribution >= 4 is 39.3 Å². The summed E-state index contributed by atoms with van der Waals surface area (Å²) in [4.78, 5) is 34.1. The number of carbonyl (C=O) groups is 1. The van der Waals surface area contributed by atoms with E-state index in [4.69, 9.17) is 4.98 Å². The number of carbonyl (C=O) groups excluding carboxylic acids is 1. The monoisotopic (exact) mass is 527 g/mol. The van der Waals surface area contributed by atoms with Crippen molar-refractivity contribution in [3.63, 3.8) is 0 Å². The molecule has 11 heteroatoms. The standard InChI is InChI=1S/C28H30FN9O/c1-28(2,3)27(39)32-18-11-17(14-30-15-18)16-12-19-22(20(29)13-16)35-36-23(19)25-33-21-5-6-31-26(24(21)34-25)38-9-7-37(4)8-10-38/h5-6,11-15H,7-10H2,1-4H3,(H,32,39)(H,33,34)(H,35,36). The zero-order valence-electron chi connectivity index (χ0n) is 22.3. The summed E-state index contributed by atoms with van der Waals surface area (Å²) in [5.41, 5.74) is 3.68. The van der Waals surface area contributed by atoms with Gasteiger partial charge < -0.3 is 20.1 Å². The van der Waals surface area contributed by atoms with Crippen LogP contribution in [0.2, 0.25) is 0 Å². The second kappa shape index (κ2) is 9.42. The number of likely N-dealkylation sites (N-methyl/N-ethyl adjacent to an activating group) is 1. The molecule has 0 aliphatic carbocycles. The Morgan fingerprint density at radius 2 is 1.85 bits per heavy atom. The molecule has 0 radical (unpaired) electrons. The van der Waals surface area contributed by atoms with Gasteiger partial charge in [0.25, 0.3) is 0 Å². The number of rotatable bonds is 4. The van der Waals surface area contributed by atoms with Gasteiger partial charge in [-0.25, -0.2) is 14.4 Å². The van der Waals surface area contributed by atoms with Gasteiger partial charge >= 0.3 is 0 Å². The SMILES string of the molecule is CN1CCN(c2nccc3[nH]c(-c4[nH]nc5c(F)cc(-c6cncc(NC(=O)C(C)(C)C)c6)cc45)nc23)CC1. The van der Waals surface area contributed by atoms with Gasteiger partial charge in [0.15, 0.2) is 17.5 Å². The number of nitrogens with zero attached hydrogens (tertiary/aromatic N) is 6. The molecule has 3 N–H and O–H groups in total. The molecule has 1 amide bonds. The van der Waals surface area contributed by atoms with Gasteiger partial charge in [-0.15, -0.1) is 0 Å². The summed E-state index contributed by atoms with van der Waals surface area (Å²) < 4.78 is 15.2. The van der Waals surface area contributed by atoms with Gasteiger partial charge in [0.05, 0.1) is 17.4 Å². The molecule has 5 aromatic rings. The molecule has 6 rings (SSSR count). The van der Waals surface area contributed by atoms with Gasteiger partial charge in [-0.1, -0.05) is 20.8 Å². The zero-order chi connectivity index (χ0) is 27.3. The summed E-state index contributed by atoms with van der Waals surface area (Å²) in [6.45, 7) is 9.17. The highest BCUT2D eigenvalue weighted by molar-refractivity contribution is 5.98.